The lowest BCUT2D eigenvalue weighted by molar-refractivity contribution is -0.147. The average molecular weight is 628 g/mol. The van der Waals surface area contributed by atoms with E-state index in [4.69, 9.17) is 14.2 Å². The van der Waals surface area contributed by atoms with Crippen LogP contribution in [-0.4, -0.2) is 65.8 Å². The molecule has 0 saturated carbocycles. The number of amides is 2. The molecule has 0 bridgehead atoms. The number of carbonyl (C=O) groups excluding carboxylic acids is 3. The molecule has 9 nitrogen and oxygen atoms in total. The molecule has 242 valence electrons. The van der Waals surface area contributed by atoms with Crippen LogP contribution < -0.4 is 5.32 Å². The first-order chi connectivity index (χ1) is 20.7. The zero-order valence-corrected chi connectivity index (χ0v) is 28.0. The van der Waals surface area contributed by atoms with Gasteiger partial charge in [0.25, 0.3) is 5.91 Å². The van der Waals surface area contributed by atoms with Crippen LogP contribution in [0.15, 0.2) is 61.0 Å². The number of nitrogens with zero attached hydrogens (tertiary/aromatic N) is 2. The third kappa shape index (κ3) is 12.2. The van der Waals surface area contributed by atoms with E-state index in [1.807, 2.05) is 65.0 Å². The van der Waals surface area contributed by atoms with Crippen molar-refractivity contribution >= 4 is 29.3 Å². The molecule has 4 atom stereocenters. The van der Waals surface area contributed by atoms with Gasteiger partial charge >= 0.3 is 12.1 Å². The maximum atomic E-state index is 13.5. The number of rotatable bonds is 17. The summed E-state index contributed by atoms with van der Waals surface area (Å²) >= 11 is 1.33. The number of thiazole rings is 1. The maximum Gasteiger partial charge on any atom is 0.410 e. The highest BCUT2D eigenvalue weighted by Crippen LogP contribution is 2.31. The Morgan fingerprint density at radius 3 is 2.30 bits per heavy atom. The summed E-state index contributed by atoms with van der Waals surface area (Å²) in [6.07, 6.45) is 3.69. The fraction of sp³-hybridized carbons (Fsp3) is 0.529. The molecule has 2 amide bonds. The van der Waals surface area contributed by atoms with Crippen LogP contribution in [0.25, 0.3) is 0 Å². The number of hydrogen-bond donors (Lipinski definition) is 1. The Hall–Kier alpha value is -3.50. The van der Waals surface area contributed by atoms with Gasteiger partial charge in [-0.3, -0.25) is 9.59 Å². The molecule has 0 saturated heterocycles. The minimum absolute atomic E-state index is 0.101. The van der Waals surface area contributed by atoms with E-state index in [0.29, 0.717) is 24.3 Å². The van der Waals surface area contributed by atoms with Crippen molar-refractivity contribution in [2.45, 2.75) is 84.6 Å². The van der Waals surface area contributed by atoms with Gasteiger partial charge in [0.1, 0.15) is 29.0 Å². The van der Waals surface area contributed by atoms with E-state index in [2.05, 4.69) is 23.5 Å². The summed E-state index contributed by atoms with van der Waals surface area (Å²) in [5.41, 5.74) is 0.680. The predicted octanol–water partition coefficient (Wildman–Crippen LogP) is 6.76. The number of aromatic nitrogens is 1. The second-order valence-electron chi connectivity index (χ2n) is 12.2. The number of esters is 1. The smallest absolute Gasteiger partial charge is 0.410 e. The second kappa shape index (κ2) is 17.7. The molecule has 10 heteroatoms. The van der Waals surface area contributed by atoms with E-state index in [-0.39, 0.29) is 48.8 Å². The Morgan fingerprint density at radius 2 is 1.70 bits per heavy atom. The Morgan fingerprint density at radius 1 is 1.05 bits per heavy atom. The first kappa shape index (κ1) is 36.7. The van der Waals surface area contributed by atoms with Gasteiger partial charge in [0.05, 0.1) is 12.5 Å². The highest BCUT2D eigenvalue weighted by molar-refractivity contribution is 7.09. The van der Waals surface area contributed by atoms with Crippen LogP contribution in [-0.2, 0) is 25.4 Å². The summed E-state index contributed by atoms with van der Waals surface area (Å²) < 4.78 is 16.9. The fourth-order valence-electron chi connectivity index (χ4n) is 4.69. The van der Waals surface area contributed by atoms with Crippen molar-refractivity contribution in [2.75, 3.05) is 20.3 Å². The second-order valence-corrected chi connectivity index (χ2v) is 13.1. The SMILES string of the molecule is C=CCOC(=O)[C@@H](C)C[C@H](Cc1ccccc1)NC(=O)c1csc([C@@H](C[C@H](C(C)C)N(C)C(=O)OC(C)(C)C)OCC=C)n1. The van der Waals surface area contributed by atoms with Gasteiger partial charge in [-0.15, -0.1) is 17.9 Å². The first-order valence-corrected chi connectivity index (χ1v) is 15.9. The standard InChI is InChI=1S/C34H49N3O6S/c1-10-17-41-29(21-28(23(3)4)37(9)33(40)43-34(6,7)8)31-36-27(22-44-31)30(38)35-26(20-25-15-13-12-14-16-25)19-24(5)32(39)42-18-11-2/h10-16,22-24,26,28-29H,1-2,17-21H2,3-9H3,(H,35,38)/t24-,26+,28+,29+/m0/s1. The third-order valence-corrected chi connectivity index (χ3v) is 7.83. The molecule has 0 aliphatic carbocycles. The molecular weight excluding hydrogens is 578 g/mol. The van der Waals surface area contributed by atoms with Gasteiger partial charge in [-0.25, -0.2) is 9.78 Å². The van der Waals surface area contributed by atoms with Crippen LogP contribution in [0.1, 0.15) is 81.5 Å². The molecule has 1 aromatic carbocycles. The Kier molecular flexibility index (Phi) is 14.8. The van der Waals surface area contributed by atoms with Gasteiger partial charge in [0.15, 0.2) is 0 Å². The van der Waals surface area contributed by atoms with Crippen molar-refractivity contribution in [2.24, 2.45) is 11.8 Å². The molecule has 0 unspecified atom stereocenters. The van der Waals surface area contributed by atoms with E-state index in [1.54, 1.807) is 30.3 Å². The molecule has 1 heterocycles. The first-order valence-electron chi connectivity index (χ1n) is 15.0. The van der Waals surface area contributed by atoms with E-state index in [9.17, 15) is 14.4 Å². The summed E-state index contributed by atoms with van der Waals surface area (Å²) in [5, 5.41) is 5.42. The number of nitrogens with one attached hydrogen (secondary N) is 1. The maximum absolute atomic E-state index is 13.5. The Balaban J connectivity index is 2.25. The highest BCUT2D eigenvalue weighted by Gasteiger charge is 2.32. The molecule has 2 aromatic rings. The summed E-state index contributed by atoms with van der Waals surface area (Å²) in [4.78, 5) is 45.1. The number of benzene rings is 1. The minimum Gasteiger partial charge on any atom is -0.461 e. The number of hydrogen-bond acceptors (Lipinski definition) is 8. The molecule has 1 aromatic heterocycles. The largest absolute Gasteiger partial charge is 0.461 e. The molecule has 0 aliphatic heterocycles. The predicted molar refractivity (Wildman–Crippen MR) is 175 cm³/mol. The highest BCUT2D eigenvalue weighted by atomic mass is 32.1. The molecule has 0 aliphatic rings. The van der Waals surface area contributed by atoms with Crippen molar-refractivity contribution in [3.8, 4) is 0 Å². The van der Waals surface area contributed by atoms with Crippen molar-refractivity contribution in [3.63, 3.8) is 0 Å². The Labute approximate surface area is 266 Å². The van der Waals surface area contributed by atoms with Crippen LogP contribution in [0.5, 0.6) is 0 Å². The van der Waals surface area contributed by atoms with Crippen LogP contribution >= 0.6 is 11.3 Å². The van der Waals surface area contributed by atoms with Crippen molar-refractivity contribution in [1.29, 1.82) is 0 Å². The average Bonchev–Trinajstić information content (AvgIpc) is 3.45. The van der Waals surface area contributed by atoms with E-state index >= 15 is 0 Å². The van der Waals surface area contributed by atoms with Gasteiger partial charge in [-0.1, -0.05) is 69.8 Å². The van der Waals surface area contributed by atoms with Crippen LogP contribution in [0.2, 0.25) is 0 Å². The van der Waals surface area contributed by atoms with Gasteiger partial charge in [-0.2, -0.15) is 0 Å². The summed E-state index contributed by atoms with van der Waals surface area (Å²) in [7, 11) is 1.73. The lowest BCUT2D eigenvalue weighted by Gasteiger charge is -2.34. The monoisotopic (exact) mass is 627 g/mol. The molecular formula is C34H49N3O6S. The van der Waals surface area contributed by atoms with Crippen molar-refractivity contribution in [1.82, 2.24) is 15.2 Å². The molecule has 44 heavy (non-hydrogen) atoms. The summed E-state index contributed by atoms with van der Waals surface area (Å²) in [5.74, 6) is -1.01. The van der Waals surface area contributed by atoms with E-state index < -0.39 is 23.7 Å². The third-order valence-electron chi connectivity index (χ3n) is 6.89. The molecule has 1 N–H and O–H groups in total. The lowest BCUT2D eigenvalue weighted by atomic mass is 9.96. The van der Waals surface area contributed by atoms with E-state index in [0.717, 1.165) is 5.56 Å². The van der Waals surface area contributed by atoms with Gasteiger partial charge in [0, 0.05) is 30.9 Å². The summed E-state index contributed by atoms with van der Waals surface area (Å²) in [6.45, 7) is 19.2. The van der Waals surface area contributed by atoms with Gasteiger partial charge < -0.3 is 24.4 Å². The van der Waals surface area contributed by atoms with Crippen LogP contribution in [0, 0.1) is 11.8 Å². The summed E-state index contributed by atoms with van der Waals surface area (Å²) in [6, 6.07) is 9.25. The van der Waals surface area contributed by atoms with Crippen LogP contribution in [0.3, 0.4) is 0 Å². The van der Waals surface area contributed by atoms with Crippen molar-refractivity contribution < 1.29 is 28.6 Å². The molecule has 0 fully saturated rings. The zero-order chi connectivity index (χ0) is 32.9. The molecule has 2 rings (SSSR count). The quantitative estimate of drug-likeness (QED) is 0.152. The molecule has 0 radical (unpaired) electrons. The Bertz CT molecular complexity index is 1220. The normalized spacial score (nSPS) is 14.2. The topological polar surface area (TPSA) is 107 Å². The van der Waals surface area contributed by atoms with Crippen molar-refractivity contribution in [3.05, 3.63) is 77.3 Å². The zero-order valence-electron chi connectivity index (χ0n) is 27.2. The minimum atomic E-state index is -0.620. The van der Waals surface area contributed by atoms with E-state index in [1.165, 1.54) is 17.4 Å². The van der Waals surface area contributed by atoms with Crippen LogP contribution in [0.4, 0.5) is 4.79 Å². The number of ether oxygens (including phenoxy) is 3. The van der Waals surface area contributed by atoms with Gasteiger partial charge in [-0.05, 0) is 45.1 Å². The fourth-order valence-corrected chi connectivity index (χ4v) is 5.55. The molecule has 0 spiro atoms. The lowest BCUT2D eigenvalue weighted by Crippen LogP contribution is -2.44. The van der Waals surface area contributed by atoms with Gasteiger partial charge in [0.2, 0.25) is 0 Å². The number of carbonyl (C=O) groups is 3.